The number of halogens is 1. The third kappa shape index (κ3) is 5.21. The molecule has 0 radical (unpaired) electrons. The summed E-state index contributed by atoms with van der Waals surface area (Å²) < 4.78 is 19.2. The molecule has 10 heteroatoms. The van der Waals surface area contributed by atoms with Crippen LogP contribution in [0.4, 0.5) is 0 Å². The molecular formula is C27H27BrN2O6S. The molecule has 2 heterocycles. The first-order chi connectivity index (χ1) is 17.7. The van der Waals surface area contributed by atoms with E-state index in [1.54, 1.807) is 26.0 Å². The van der Waals surface area contributed by atoms with Crippen molar-refractivity contribution in [3.05, 3.63) is 83.0 Å². The Balaban J connectivity index is 1.99. The fourth-order valence-electron chi connectivity index (χ4n) is 4.13. The molecule has 0 aliphatic carbocycles. The zero-order valence-corrected chi connectivity index (χ0v) is 23.5. The van der Waals surface area contributed by atoms with Crippen LogP contribution in [0, 0.1) is 0 Å². The zero-order chi connectivity index (χ0) is 26.9. The van der Waals surface area contributed by atoms with Crippen LogP contribution in [0.15, 0.2) is 61.9 Å². The highest BCUT2D eigenvalue weighted by molar-refractivity contribution is 9.10. The number of methoxy groups -OCH3 is 1. The third-order valence-electron chi connectivity index (χ3n) is 5.68. The molecule has 1 N–H and O–H groups in total. The first kappa shape index (κ1) is 26.7. The summed E-state index contributed by atoms with van der Waals surface area (Å²) in [5.41, 5.74) is 1.74. The number of esters is 1. The monoisotopic (exact) mass is 586 g/mol. The summed E-state index contributed by atoms with van der Waals surface area (Å²) in [5.74, 6) is 0.290. The Morgan fingerprint density at radius 2 is 2.00 bits per heavy atom. The van der Waals surface area contributed by atoms with Gasteiger partial charge in [-0.3, -0.25) is 9.36 Å². The van der Waals surface area contributed by atoms with Crippen molar-refractivity contribution in [2.24, 2.45) is 4.99 Å². The van der Waals surface area contributed by atoms with Crippen LogP contribution in [0.2, 0.25) is 0 Å². The number of aromatic hydroxyl groups is 1. The molecule has 0 spiro atoms. The van der Waals surface area contributed by atoms with Crippen LogP contribution in [-0.2, 0) is 9.53 Å². The van der Waals surface area contributed by atoms with Crippen LogP contribution in [0.25, 0.3) is 6.08 Å². The predicted molar refractivity (Wildman–Crippen MR) is 145 cm³/mol. The van der Waals surface area contributed by atoms with Crippen molar-refractivity contribution in [3.63, 3.8) is 0 Å². The molecule has 1 aromatic heterocycles. The second-order valence-electron chi connectivity index (χ2n) is 8.55. The lowest BCUT2D eigenvalue weighted by atomic mass is 9.95. The van der Waals surface area contributed by atoms with Gasteiger partial charge in [0.2, 0.25) is 0 Å². The van der Waals surface area contributed by atoms with E-state index in [1.807, 2.05) is 38.1 Å². The van der Waals surface area contributed by atoms with Gasteiger partial charge in [0.05, 0.1) is 35.6 Å². The molecule has 1 aliphatic heterocycles. The number of aromatic nitrogens is 1. The van der Waals surface area contributed by atoms with Crippen molar-refractivity contribution in [2.75, 3.05) is 13.7 Å². The second-order valence-corrected chi connectivity index (χ2v) is 10.4. The van der Waals surface area contributed by atoms with E-state index < -0.39 is 12.0 Å². The molecule has 8 nitrogen and oxygen atoms in total. The fourth-order valence-corrected chi connectivity index (χ4v) is 5.61. The molecule has 37 heavy (non-hydrogen) atoms. The van der Waals surface area contributed by atoms with Crippen molar-refractivity contribution in [1.82, 2.24) is 4.57 Å². The Morgan fingerprint density at radius 1 is 1.27 bits per heavy atom. The smallest absolute Gasteiger partial charge is 0.338 e. The Hall–Kier alpha value is -3.37. The third-order valence-corrected chi connectivity index (χ3v) is 7.35. The minimum absolute atomic E-state index is 0.0237. The molecule has 1 aliphatic rings. The number of hydrogen-bond donors (Lipinski definition) is 1. The van der Waals surface area contributed by atoms with Gasteiger partial charge < -0.3 is 19.3 Å². The summed E-state index contributed by atoms with van der Waals surface area (Å²) in [6.07, 6.45) is 1.59. The van der Waals surface area contributed by atoms with E-state index in [0.29, 0.717) is 36.4 Å². The molecule has 0 saturated carbocycles. The van der Waals surface area contributed by atoms with Gasteiger partial charge >= 0.3 is 5.97 Å². The number of hydrogen-bond acceptors (Lipinski definition) is 8. The van der Waals surface area contributed by atoms with Gasteiger partial charge in [-0.1, -0.05) is 45.5 Å². The number of ether oxygens (including phenoxy) is 3. The lowest BCUT2D eigenvalue weighted by Crippen LogP contribution is -2.40. The lowest BCUT2D eigenvalue weighted by Gasteiger charge is -2.26. The number of nitrogens with zero attached hydrogens (tertiary/aromatic N) is 2. The maximum Gasteiger partial charge on any atom is 0.338 e. The zero-order valence-electron chi connectivity index (χ0n) is 21.1. The summed E-state index contributed by atoms with van der Waals surface area (Å²) in [7, 11) is 1.46. The normalized spacial score (nSPS) is 15.4. The predicted octanol–water partition coefficient (Wildman–Crippen LogP) is 4.06. The lowest BCUT2D eigenvalue weighted by molar-refractivity contribution is -0.139. The summed E-state index contributed by atoms with van der Waals surface area (Å²) in [4.78, 5) is 32.1. The summed E-state index contributed by atoms with van der Waals surface area (Å²) in [6, 6.07) is 9.72. The number of rotatable bonds is 7. The second kappa shape index (κ2) is 10.9. The largest absolute Gasteiger partial charge is 0.504 e. The van der Waals surface area contributed by atoms with Gasteiger partial charge in [0.15, 0.2) is 16.3 Å². The molecule has 1 atom stereocenters. The van der Waals surface area contributed by atoms with Crippen molar-refractivity contribution in [1.29, 1.82) is 0 Å². The van der Waals surface area contributed by atoms with Gasteiger partial charge in [0.1, 0.15) is 11.8 Å². The van der Waals surface area contributed by atoms with Crippen LogP contribution in [-0.4, -0.2) is 35.5 Å². The number of phenols is 1. The molecule has 0 saturated heterocycles. The maximum atomic E-state index is 13.9. The van der Waals surface area contributed by atoms with Crippen LogP contribution in [0.5, 0.6) is 17.2 Å². The molecule has 4 rings (SSSR count). The van der Waals surface area contributed by atoms with Gasteiger partial charge in [-0.15, -0.1) is 0 Å². The maximum absolute atomic E-state index is 13.9. The number of thiazole rings is 1. The van der Waals surface area contributed by atoms with E-state index in [9.17, 15) is 14.7 Å². The van der Waals surface area contributed by atoms with Gasteiger partial charge in [-0.2, -0.15) is 0 Å². The van der Waals surface area contributed by atoms with Crippen molar-refractivity contribution in [2.45, 2.75) is 39.8 Å². The highest BCUT2D eigenvalue weighted by atomic mass is 79.9. The van der Waals surface area contributed by atoms with E-state index in [0.717, 1.165) is 0 Å². The first-order valence-corrected chi connectivity index (χ1v) is 13.3. The highest BCUT2D eigenvalue weighted by Gasteiger charge is 2.35. The number of carbonyl (C=O) groups is 1. The van der Waals surface area contributed by atoms with E-state index in [-0.39, 0.29) is 35.3 Å². The van der Waals surface area contributed by atoms with Crippen molar-refractivity contribution in [3.8, 4) is 17.2 Å². The summed E-state index contributed by atoms with van der Waals surface area (Å²) in [5, 5.41) is 10.1. The molecule has 0 amide bonds. The summed E-state index contributed by atoms with van der Waals surface area (Å²) >= 11 is 4.65. The van der Waals surface area contributed by atoms with E-state index in [2.05, 4.69) is 20.9 Å². The number of phenolic OH excluding ortho intramolecular Hbond substituents is 1. The molecule has 0 fully saturated rings. The average Bonchev–Trinajstić information content (AvgIpc) is 3.14. The Bertz CT molecular complexity index is 1570. The minimum Gasteiger partial charge on any atom is -0.504 e. The van der Waals surface area contributed by atoms with Crippen LogP contribution in [0.3, 0.4) is 0 Å². The van der Waals surface area contributed by atoms with Gasteiger partial charge in [0, 0.05) is 10.0 Å². The van der Waals surface area contributed by atoms with Crippen LogP contribution >= 0.6 is 27.3 Å². The number of fused-ring (bicyclic) bond motifs is 1. The molecule has 0 bridgehead atoms. The number of para-hydroxylation sites is 1. The van der Waals surface area contributed by atoms with Gasteiger partial charge in [-0.05, 0) is 57.5 Å². The Morgan fingerprint density at radius 3 is 2.68 bits per heavy atom. The standard InChI is InChI=1S/C27H27BrN2O6S/c1-6-35-26(33)23-15(4)29-27-30(24(23)17-9-7-8-10-20(17)36-14(2)3)25(32)22(37-27)12-16-11-21(34-5)19(31)13-18(16)28/h7-14,24,31H,6H2,1-5H3/b22-12-/t24-/m0/s1. The van der Waals surface area contributed by atoms with Gasteiger partial charge in [0.25, 0.3) is 5.56 Å². The quantitative estimate of drug-likeness (QED) is 0.419. The topological polar surface area (TPSA) is 99.4 Å². The highest BCUT2D eigenvalue weighted by Crippen LogP contribution is 2.36. The van der Waals surface area contributed by atoms with Crippen molar-refractivity contribution < 1.29 is 24.1 Å². The first-order valence-electron chi connectivity index (χ1n) is 11.7. The van der Waals surface area contributed by atoms with Crippen LogP contribution in [0.1, 0.15) is 44.9 Å². The minimum atomic E-state index is -0.787. The fraction of sp³-hybridized carbons (Fsp3) is 0.296. The SMILES string of the molecule is CCOC(=O)C1=C(C)N=c2s/c(=C\c3cc(OC)c(O)cc3Br)c(=O)n2[C@H]1c1ccccc1OC(C)C. The number of benzene rings is 2. The van der Waals surface area contributed by atoms with Crippen LogP contribution < -0.4 is 24.4 Å². The van der Waals surface area contributed by atoms with E-state index >= 15 is 0 Å². The molecular weight excluding hydrogens is 560 g/mol. The Kier molecular flexibility index (Phi) is 7.89. The molecule has 2 aromatic carbocycles. The van der Waals surface area contributed by atoms with Gasteiger partial charge in [-0.25, -0.2) is 9.79 Å². The molecule has 0 unspecified atom stereocenters. The Labute approximate surface area is 226 Å². The number of allylic oxidation sites excluding steroid dienone is 1. The average molecular weight is 587 g/mol. The molecule has 3 aromatic rings. The van der Waals surface area contributed by atoms with Crippen molar-refractivity contribution >= 4 is 39.3 Å². The van der Waals surface area contributed by atoms with E-state index in [1.165, 1.54) is 29.1 Å². The van der Waals surface area contributed by atoms with E-state index in [4.69, 9.17) is 14.2 Å². The number of carbonyl (C=O) groups excluding carboxylic acids is 1. The molecule has 194 valence electrons. The summed E-state index contributed by atoms with van der Waals surface area (Å²) in [6.45, 7) is 7.49.